The average molecular weight is 381 g/mol. The highest BCUT2D eigenvalue weighted by molar-refractivity contribution is 7.88. The van der Waals surface area contributed by atoms with Crippen LogP contribution in [0.4, 0.5) is 10.5 Å². The maximum atomic E-state index is 12.0. The zero-order valence-corrected chi connectivity index (χ0v) is 16.1. The van der Waals surface area contributed by atoms with Gasteiger partial charge in [0.05, 0.1) is 6.26 Å². The first-order valence-corrected chi connectivity index (χ1v) is 11.1. The fourth-order valence-corrected chi connectivity index (χ4v) is 4.55. The fourth-order valence-electron chi connectivity index (χ4n) is 3.68. The van der Waals surface area contributed by atoms with Gasteiger partial charge in [-0.1, -0.05) is 18.2 Å². The van der Waals surface area contributed by atoms with Crippen LogP contribution in [-0.2, 0) is 16.4 Å². The standard InChI is InChI=1S/C18H28N4O3S/c1-26(24,25)22-13-8-16(9-14-22)20-18(23)19-10-4-11-21-12-7-15-5-2-3-6-17(15)21/h2-3,5-6,16H,4,7-14H2,1H3,(H2,19,20,23). The Morgan fingerprint density at radius 1 is 1.19 bits per heavy atom. The van der Waals surface area contributed by atoms with Gasteiger partial charge in [0.1, 0.15) is 0 Å². The Balaban J connectivity index is 1.32. The summed E-state index contributed by atoms with van der Waals surface area (Å²) < 4.78 is 24.5. The molecule has 0 aliphatic carbocycles. The van der Waals surface area contributed by atoms with Gasteiger partial charge in [-0.25, -0.2) is 17.5 Å². The molecule has 2 N–H and O–H groups in total. The molecule has 1 fully saturated rings. The molecule has 26 heavy (non-hydrogen) atoms. The van der Waals surface area contributed by atoms with Gasteiger partial charge >= 0.3 is 6.03 Å². The normalized spacial score (nSPS) is 18.6. The van der Waals surface area contributed by atoms with Gasteiger partial charge in [0.2, 0.25) is 10.0 Å². The van der Waals surface area contributed by atoms with Crippen molar-refractivity contribution in [1.82, 2.24) is 14.9 Å². The third-order valence-electron chi connectivity index (χ3n) is 5.13. The maximum absolute atomic E-state index is 12.0. The van der Waals surface area contributed by atoms with E-state index >= 15 is 0 Å². The van der Waals surface area contributed by atoms with E-state index < -0.39 is 10.0 Å². The second kappa shape index (κ2) is 8.26. The molecule has 2 aliphatic rings. The maximum Gasteiger partial charge on any atom is 0.315 e. The number of nitrogens with one attached hydrogen (secondary N) is 2. The lowest BCUT2D eigenvalue weighted by Crippen LogP contribution is -2.49. The van der Waals surface area contributed by atoms with Gasteiger partial charge in [-0.05, 0) is 37.3 Å². The number of rotatable bonds is 6. The Bertz CT molecular complexity index is 730. The van der Waals surface area contributed by atoms with Crippen molar-refractivity contribution in [2.75, 3.05) is 43.9 Å². The number of para-hydroxylation sites is 1. The van der Waals surface area contributed by atoms with Gasteiger partial charge in [0.15, 0.2) is 0 Å². The van der Waals surface area contributed by atoms with Gasteiger partial charge in [-0.3, -0.25) is 0 Å². The highest BCUT2D eigenvalue weighted by Crippen LogP contribution is 2.27. The van der Waals surface area contributed by atoms with Gasteiger partial charge in [-0.2, -0.15) is 0 Å². The van der Waals surface area contributed by atoms with E-state index in [1.54, 1.807) is 0 Å². The van der Waals surface area contributed by atoms with Crippen LogP contribution in [0.1, 0.15) is 24.8 Å². The quantitative estimate of drug-likeness (QED) is 0.726. The monoisotopic (exact) mass is 380 g/mol. The molecule has 1 aromatic rings. The number of carbonyl (C=O) groups excluding carboxylic acids is 1. The molecule has 1 saturated heterocycles. The molecule has 0 aromatic heterocycles. The Morgan fingerprint density at radius 2 is 1.92 bits per heavy atom. The molecule has 8 heteroatoms. The van der Waals surface area contributed by atoms with E-state index in [4.69, 9.17) is 0 Å². The minimum Gasteiger partial charge on any atom is -0.371 e. The van der Waals surface area contributed by atoms with Crippen molar-refractivity contribution in [2.24, 2.45) is 0 Å². The van der Waals surface area contributed by atoms with Gasteiger partial charge in [0, 0.05) is 44.5 Å². The first kappa shape index (κ1) is 19.0. The molecule has 2 aliphatic heterocycles. The van der Waals surface area contributed by atoms with Crippen LogP contribution in [-0.4, -0.2) is 63.8 Å². The first-order valence-electron chi connectivity index (χ1n) is 9.26. The van der Waals surface area contributed by atoms with E-state index in [2.05, 4.69) is 39.8 Å². The van der Waals surface area contributed by atoms with Crippen molar-refractivity contribution in [3.63, 3.8) is 0 Å². The summed E-state index contributed by atoms with van der Waals surface area (Å²) in [4.78, 5) is 14.4. The molecule has 0 bridgehead atoms. The number of anilines is 1. The van der Waals surface area contributed by atoms with E-state index in [9.17, 15) is 13.2 Å². The number of piperidine rings is 1. The topological polar surface area (TPSA) is 81.8 Å². The van der Waals surface area contributed by atoms with Crippen molar-refractivity contribution >= 4 is 21.7 Å². The number of fused-ring (bicyclic) bond motifs is 1. The number of benzene rings is 1. The van der Waals surface area contributed by atoms with Gasteiger partial charge < -0.3 is 15.5 Å². The molecule has 144 valence electrons. The summed E-state index contributed by atoms with van der Waals surface area (Å²) in [5.74, 6) is 0. The number of urea groups is 1. The van der Waals surface area contributed by atoms with Crippen LogP contribution < -0.4 is 15.5 Å². The molecule has 0 unspecified atom stereocenters. The van der Waals surface area contributed by atoms with Crippen LogP contribution in [0.3, 0.4) is 0 Å². The molecule has 3 rings (SSSR count). The lowest BCUT2D eigenvalue weighted by atomic mass is 10.1. The van der Waals surface area contributed by atoms with Crippen LogP contribution in [0, 0.1) is 0 Å². The molecule has 2 heterocycles. The lowest BCUT2D eigenvalue weighted by molar-refractivity contribution is 0.227. The minimum absolute atomic E-state index is 0.0402. The number of sulfonamides is 1. The Morgan fingerprint density at radius 3 is 2.65 bits per heavy atom. The van der Waals surface area contributed by atoms with E-state index in [0.29, 0.717) is 32.5 Å². The van der Waals surface area contributed by atoms with Crippen molar-refractivity contribution in [3.8, 4) is 0 Å². The fraction of sp³-hybridized carbons (Fsp3) is 0.611. The summed E-state index contributed by atoms with van der Waals surface area (Å²) in [6.45, 7) is 3.55. The zero-order chi connectivity index (χ0) is 18.6. The van der Waals surface area contributed by atoms with Crippen molar-refractivity contribution in [1.29, 1.82) is 0 Å². The van der Waals surface area contributed by atoms with E-state index in [1.165, 1.54) is 21.8 Å². The molecular weight excluding hydrogens is 352 g/mol. The zero-order valence-electron chi connectivity index (χ0n) is 15.3. The summed E-state index contributed by atoms with van der Waals surface area (Å²) in [7, 11) is -3.12. The van der Waals surface area contributed by atoms with Crippen molar-refractivity contribution in [3.05, 3.63) is 29.8 Å². The molecule has 0 saturated carbocycles. The van der Waals surface area contributed by atoms with E-state index in [-0.39, 0.29) is 12.1 Å². The first-order chi connectivity index (χ1) is 12.4. The van der Waals surface area contributed by atoms with Gasteiger partial charge in [-0.15, -0.1) is 0 Å². The number of nitrogens with zero attached hydrogens (tertiary/aromatic N) is 2. The summed E-state index contributed by atoms with van der Waals surface area (Å²) in [6.07, 6.45) is 4.53. The van der Waals surface area contributed by atoms with E-state index in [0.717, 1.165) is 25.9 Å². The Labute approximate surface area is 155 Å². The number of carbonyl (C=O) groups is 1. The molecule has 7 nitrogen and oxygen atoms in total. The molecule has 0 radical (unpaired) electrons. The van der Waals surface area contributed by atoms with Crippen LogP contribution in [0.2, 0.25) is 0 Å². The molecule has 0 spiro atoms. The SMILES string of the molecule is CS(=O)(=O)N1CCC(NC(=O)NCCCN2CCc3ccccc32)CC1. The molecule has 0 atom stereocenters. The number of hydrogen-bond donors (Lipinski definition) is 2. The number of amides is 2. The average Bonchev–Trinajstić information content (AvgIpc) is 3.02. The van der Waals surface area contributed by atoms with Crippen LogP contribution >= 0.6 is 0 Å². The third-order valence-corrected chi connectivity index (χ3v) is 6.44. The predicted molar refractivity (Wildman–Crippen MR) is 103 cm³/mol. The molecule has 1 aromatic carbocycles. The highest BCUT2D eigenvalue weighted by atomic mass is 32.2. The smallest absolute Gasteiger partial charge is 0.315 e. The predicted octanol–water partition coefficient (Wildman–Crippen LogP) is 1.16. The number of hydrogen-bond acceptors (Lipinski definition) is 4. The van der Waals surface area contributed by atoms with E-state index in [1.807, 2.05) is 0 Å². The Kier molecular flexibility index (Phi) is 6.03. The van der Waals surface area contributed by atoms with Crippen molar-refractivity contribution in [2.45, 2.75) is 31.7 Å². The largest absolute Gasteiger partial charge is 0.371 e. The summed E-state index contributed by atoms with van der Waals surface area (Å²) in [5, 5.41) is 5.86. The second-order valence-corrected chi connectivity index (χ2v) is 9.04. The van der Waals surface area contributed by atoms with Crippen LogP contribution in [0.15, 0.2) is 24.3 Å². The third kappa shape index (κ3) is 4.88. The minimum atomic E-state index is -3.12. The lowest BCUT2D eigenvalue weighted by Gasteiger charge is -2.30. The summed E-state index contributed by atoms with van der Waals surface area (Å²) >= 11 is 0. The van der Waals surface area contributed by atoms with Crippen LogP contribution in [0.5, 0.6) is 0 Å². The summed E-state index contributed by atoms with van der Waals surface area (Å²) in [6, 6.07) is 8.36. The molecule has 2 amide bonds. The van der Waals surface area contributed by atoms with Crippen molar-refractivity contribution < 1.29 is 13.2 Å². The molecular formula is C18H28N4O3S. The Hall–Kier alpha value is -1.80. The summed E-state index contributed by atoms with van der Waals surface area (Å²) in [5.41, 5.74) is 2.72. The van der Waals surface area contributed by atoms with Gasteiger partial charge in [0.25, 0.3) is 0 Å². The van der Waals surface area contributed by atoms with Crippen LogP contribution in [0.25, 0.3) is 0 Å². The second-order valence-electron chi connectivity index (χ2n) is 7.06. The highest BCUT2D eigenvalue weighted by Gasteiger charge is 2.25.